The molecule has 2 heterocycles. The fraction of sp³-hybridized carbons (Fsp3) is 0.259. The average molecular weight is 631 g/mol. The molecule has 0 atom stereocenters. The van der Waals surface area contributed by atoms with Crippen molar-refractivity contribution >= 4 is 31.8 Å². The number of benzene rings is 2. The van der Waals surface area contributed by atoms with Crippen molar-refractivity contribution in [2.24, 2.45) is 0 Å². The van der Waals surface area contributed by atoms with Crippen LogP contribution in [-0.2, 0) is 15.4 Å². The van der Waals surface area contributed by atoms with E-state index in [0.717, 1.165) is 10.0 Å². The first-order valence-corrected chi connectivity index (χ1v) is 14.4. The molecule has 11 nitrogen and oxygen atoms in total. The molecule has 2 aromatic carbocycles. The number of nitrogens with zero attached hydrogens (tertiary/aromatic N) is 4. The Labute approximate surface area is 241 Å². The predicted molar refractivity (Wildman–Crippen MR) is 152 cm³/mol. The zero-order valence-corrected chi connectivity index (χ0v) is 24.7. The molecule has 13 heteroatoms. The standard InChI is InChI=1S/C27H28BrN5O6S/c1-27(2,3)18-9-10-24(22(13-18)37-11-12-38-26-30-14-19(28)15-31-26)40(34,35)33-25-23(16-29-17-32-25)39-21-8-6-5-7-20(21)36-4/h5-10,13-17H,11-12H2,1-4H3,(H,29,32,33). The van der Waals surface area contributed by atoms with Crippen LogP contribution in [0.4, 0.5) is 5.82 Å². The minimum Gasteiger partial charge on any atom is -0.493 e. The van der Waals surface area contributed by atoms with Gasteiger partial charge < -0.3 is 18.9 Å². The van der Waals surface area contributed by atoms with Gasteiger partial charge in [-0.2, -0.15) is 0 Å². The fourth-order valence-electron chi connectivity index (χ4n) is 3.44. The lowest BCUT2D eigenvalue weighted by atomic mass is 9.87. The second kappa shape index (κ2) is 12.5. The summed E-state index contributed by atoms with van der Waals surface area (Å²) in [6.07, 6.45) is 5.70. The van der Waals surface area contributed by atoms with Gasteiger partial charge in [-0.05, 0) is 51.2 Å². The maximum Gasteiger partial charge on any atom is 0.316 e. The van der Waals surface area contributed by atoms with E-state index in [4.69, 9.17) is 18.9 Å². The first-order chi connectivity index (χ1) is 19.1. The third-order valence-corrected chi connectivity index (χ3v) is 7.25. The quantitative estimate of drug-likeness (QED) is 0.215. The smallest absolute Gasteiger partial charge is 0.316 e. The van der Waals surface area contributed by atoms with Crippen molar-refractivity contribution in [1.29, 1.82) is 0 Å². The number of anilines is 1. The van der Waals surface area contributed by atoms with Gasteiger partial charge in [-0.15, -0.1) is 0 Å². The molecule has 0 bridgehead atoms. The lowest BCUT2D eigenvalue weighted by molar-refractivity contribution is 0.203. The summed E-state index contributed by atoms with van der Waals surface area (Å²) in [6.45, 7) is 6.21. The molecule has 0 amide bonds. The molecule has 0 radical (unpaired) electrons. The number of hydrogen-bond acceptors (Lipinski definition) is 10. The number of aromatic nitrogens is 4. The highest BCUT2D eigenvalue weighted by Gasteiger charge is 2.25. The van der Waals surface area contributed by atoms with E-state index in [2.05, 4.69) is 40.6 Å². The number of ether oxygens (including phenoxy) is 4. The number of nitrogens with one attached hydrogen (secondary N) is 1. The first kappa shape index (κ1) is 29.0. The van der Waals surface area contributed by atoms with Crippen LogP contribution in [0.5, 0.6) is 29.0 Å². The van der Waals surface area contributed by atoms with Crippen LogP contribution in [0.2, 0.25) is 0 Å². The van der Waals surface area contributed by atoms with Crippen molar-refractivity contribution in [2.45, 2.75) is 31.1 Å². The van der Waals surface area contributed by atoms with Gasteiger partial charge in [0.1, 0.15) is 30.2 Å². The molecule has 0 saturated carbocycles. The summed E-state index contributed by atoms with van der Waals surface area (Å²) in [5.41, 5.74) is 0.638. The van der Waals surface area contributed by atoms with Crippen LogP contribution in [0.1, 0.15) is 26.3 Å². The second-order valence-corrected chi connectivity index (χ2v) is 12.0. The average Bonchev–Trinajstić information content (AvgIpc) is 2.92. The van der Waals surface area contributed by atoms with E-state index < -0.39 is 10.0 Å². The maximum atomic E-state index is 13.6. The van der Waals surface area contributed by atoms with Crippen LogP contribution < -0.4 is 23.7 Å². The molecule has 0 saturated heterocycles. The van der Waals surface area contributed by atoms with Crippen molar-refractivity contribution in [3.63, 3.8) is 0 Å². The summed E-state index contributed by atoms with van der Waals surface area (Å²) in [4.78, 5) is 16.1. The Kier molecular flexibility index (Phi) is 9.05. The van der Waals surface area contributed by atoms with Gasteiger partial charge >= 0.3 is 6.01 Å². The number of rotatable bonds is 11. The lowest BCUT2D eigenvalue weighted by Gasteiger charge is -2.22. The van der Waals surface area contributed by atoms with E-state index >= 15 is 0 Å². The number of halogens is 1. The monoisotopic (exact) mass is 629 g/mol. The van der Waals surface area contributed by atoms with Crippen LogP contribution in [0.15, 0.2) is 76.8 Å². The molecule has 210 valence electrons. The first-order valence-electron chi connectivity index (χ1n) is 12.1. The molecule has 0 fully saturated rings. The summed E-state index contributed by atoms with van der Waals surface area (Å²) >= 11 is 3.27. The molecule has 4 rings (SSSR count). The van der Waals surface area contributed by atoms with Crippen molar-refractivity contribution in [3.05, 3.63) is 77.4 Å². The number of methoxy groups -OCH3 is 1. The Hall–Kier alpha value is -3.97. The zero-order valence-electron chi connectivity index (χ0n) is 22.3. The van der Waals surface area contributed by atoms with Gasteiger partial charge in [-0.3, -0.25) is 4.72 Å². The van der Waals surface area contributed by atoms with Crippen LogP contribution in [-0.4, -0.2) is 48.7 Å². The van der Waals surface area contributed by atoms with E-state index in [9.17, 15) is 8.42 Å². The van der Waals surface area contributed by atoms with Crippen molar-refractivity contribution in [3.8, 4) is 29.0 Å². The van der Waals surface area contributed by atoms with Crippen molar-refractivity contribution in [1.82, 2.24) is 19.9 Å². The summed E-state index contributed by atoms with van der Waals surface area (Å²) in [5.74, 6) is 1.02. The van der Waals surface area contributed by atoms with Crippen LogP contribution in [0.3, 0.4) is 0 Å². The van der Waals surface area contributed by atoms with Crippen molar-refractivity contribution < 1.29 is 27.4 Å². The SMILES string of the molecule is COc1ccccc1Oc1cncnc1NS(=O)(=O)c1ccc(C(C)(C)C)cc1OCCOc1ncc(Br)cn1. The van der Waals surface area contributed by atoms with Gasteiger partial charge in [0.15, 0.2) is 23.1 Å². The molecule has 40 heavy (non-hydrogen) atoms. The third kappa shape index (κ3) is 7.36. The minimum absolute atomic E-state index is 0.0468. The number of sulfonamides is 1. The van der Waals surface area contributed by atoms with E-state index in [1.54, 1.807) is 48.8 Å². The largest absolute Gasteiger partial charge is 0.493 e. The number of para-hydroxylation sites is 2. The van der Waals surface area contributed by atoms with Gasteiger partial charge in [0.05, 0.1) is 17.8 Å². The van der Waals surface area contributed by atoms with Gasteiger partial charge in [-0.1, -0.05) is 39.0 Å². The molecule has 2 aromatic heterocycles. The summed E-state index contributed by atoms with van der Waals surface area (Å²) < 4.78 is 53.1. The molecular formula is C27H28BrN5O6S. The topological polar surface area (TPSA) is 135 Å². The molecule has 0 aliphatic rings. The predicted octanol–water partition coefficient (Wildman–Crippen LogP) is 5.39. The molecule has 1 N–H and O–H groups in total. The van der Waals surface area contributed by atoms with E-state index in [0.29, 0.717) is 11.5 Å². The highest BCUT2D eigenvalue weighted by molar-refractivity contribution is 9.10. The Balaban J connectivity index is 1.58. The third-order valence-electron chi connectivity index (χ3n) is 5.47. The van der Waals surface area contributed by atoms with Crippen LogP contribution >= 0.6 is 15.9 Å². The van der Waals surface area contributed by atoms with Gasteiger partial charge in [-0.25, -0.2) is 28.4 Å². The molecule has 0 unspecified atom stereocenters. The van der Waals surface area contributed by atoms with Gasteiger partial charge in [0.2, 0.25) is 0 Å². The normalized spacial score (nSPS) is 11.5. The summed E-state index contributed by atoms with van der Waals surface area (Å²) in [7, 11) is -2.67. The van der Waals surface area contributed by atoms with Gasteiger partial charge in [0.25, 0.3) is 10.0 Å². The Morgan fingerprint density at radius 3 is 2.27 bits per heavy atom. The molecule has 0 aliphatic carbocycles. The maximum absolute atomic E-state index is 13.6. The molecule has 0 spiro atoms. The Morgan fingerprint density at radius 1 is 0.875 bits per heavy atom. The second-order valence-electron chi connectivity index (χ2n) is 9.39. The van der Waals surface area contributed by atoms with Crippen LogP contribution in [0.25, 0.3) is 0 Å². The van der Waals surface area contributed by atoms with E-state index in [1.807, 2.05) is 20.8 Å². The molecular weight excluding hydrogens is 602 g/mol. The van der Waals surface area contributed by atoms with E-state index in [-0.39, 0.29) is 46.9 Å². The Bertz CT molecular complexity index is 1560. The van der Waals surface area contributed by atoms with Gasteiger partial charge in [0, 0.05) is 12.4 Å². The summed E-state index contributed by atoms with van der Waals surface area (Å²) in [6, 6.07) is 12.1. The minimum atomic E-state index is -4.18. The van der Waals surface area contributed by atoms with Crippen molar-refractivity contribution in [2.75, 3.05) is 25.0 Å². The van der Waals surface area contributed by atoms with E-state index in [1.165, 1.54) is 25.7 Å². The lowest BCUT2D eigenvalue weighted by Crippen LogP contribution is -2.19. The number of hydrogen-bond donors (Lipinski definition) is 1. The summed E-state index contributed by atoms with van der Waals surface area (Å²) in [5, 5.41) is 0. The highest BCUT2D eigenvalue weighted by atomic mass is 79.9. The Morgan fingerprint density at radius 2 is 1.57 bits per heavy atom. The molecule has 4 aromatic rings. The fourth-order valence-corrected chi connectivity index (χ4v) is 4.79. The van der Waals surface area contributed by atoms with Crippen LogP contribution in [0, 0.1) is 0 Å². The molecule has 0 aliphatic heterocycles. The zero-order chi connectivity index (χ0) is 28.8. The highest BCUT2D eigenvalue weighted by Crippen LogP contribution is 2.36.